The largest absolute Gasteiger partial charge is 0.313 e. The Morgan fingerprint density at radius 3 is 2.62 bits per heavy atom. The fraction of sp³-hybridized carbons (Fsp3) is 0.500. The van der Waals surface area contributed by atoms with Crippen LogP contribution >= 0.6 is 31.9 Å². The number of benzene rings is 1. The summed E-state index contributed by atoms with van der Waals surface area (Å²) in [6, 6.07) is 4.98. The zero-order chi connectivity index (χ0) is 11.8. The Morgan fingerprint density at radius 2 is 1.94 bits per heavy atom. The number of nitrogens with one attached hydrogen (secondary N) is 1. The summed E-state index contributed by atoms with van der Waals surface area (Å²) in [4.78, 5) is 0. The van der Waals surface area contributed by atoms with Crippen molar-refractivity contribution in [3.05, 3.63) is 34.1 Å². The highest BCUT2D eigenvalue weighted by atomic mass is 79.9. The van der Waals surface area contributed by atoms with Gasteiger partial charge in [0, 0.05) is 16.3 Å². The average molecular weight is 353 g/mol. The number of halogens is 3. The van der Waals surface area contributed by atoms with E-state index in [1.54, 1.807) is 6.07 Å². The van der Waals surface area contributed by atoms with E-state index in [9.17, 15) is 4.39 Å². The quantitative estimate of drug-likeness (QED) is 0.571. The first kappa shape index (κ1) is 14.1. The molecule has 90 valence electrons. The van der Waals surface area contributed by atoms with E-state index in [2.05, 4.69) is 37.2 Å². The van der Waals surface area contributed by atoms with Gasteiger partial charge in [-0.25, -0.2) is 4.39 Å². The molecule has 1 rings (SSSR count). The van der Waals surface area contributed by atoms with Crippen molar-refractivity contribution in [1.29, 1.82) is 0 Å². The summed E-state index contributed by atoms with van der Waals surface area (Å²) in [5, 5.41) is 4.39. The van der Waals surface area contributed by atoms with Crippen LogP contribution in [0.4, 0.5) is 4.39 Å². The fourth-order valence-electron chi connectivity index (χ4n) is 1.47. The van der Waals surface area contributed by atoms with E-state index >= 15 is 0 Å². The number of hydrogen-bond donors (Lipinski definition) is 1. The molecule has 0 saturated heterocycles. The van der Waals surface area contributed by atoms with Crippen LogP contribution in [0.15, 0.2) is 22.7 Å². The summed E-state index contributed by atoms with van der Waals surface area (Å²) in [7, 11) is 0. The van der Waals surface area contributed by atoms with E-state index in [4.69, 9.17) is 0 Å². The van der Waals surface area contributed by atoms with Crippen LogP contribution in [0, 0.1) is 5.82 Å². The molecule has 0 unspecified atom stereocenters. The number of rotatable bonds is 7. The topological polar surface area (TPSA) is 12.0 Å². The van der Waals surface area contributed by atoms with Crippen LogP contribution in [0.25, 0.3) is 0 Å². The summed E-state index contributed by atoms with van der Waals surface area (Å²) in [6.07, 6.45) is 3.61. The summed E-state index contributed by atoms with van der Waals surface area (Å²) in [6.45, 7) is 1.71. The van der Waals surface area contributed by atoms with Gasteiger partial charge in [-0.05, 0) is 43.1 Å². The summed E-state index contributed by atoms with van der Waals surface area (Å²) in [5.74, 6) is -0.189. The number of unbranched alkanes of at least 4 members (excludes halogenated alkanes) is 2. The van der Waals surface area contributed by atoms with Crippen molar-refractivity contribution in [2.75, 3.05) is 11.9 Å². The second-order valence-electron chi connectivity index (χ2n) is 3.70. The van der Waals surface area contributed by atoms with Gasteiger partial charge in [-0.3, -0.25) is 0 Å². The third-order valence-electron chi connectivity index (χ3n) is 2.24. The predicted octanol–water partition coefficient (Wildman–Crippen LogP) is 4.24. The second kappa shape index (κ2) is 8.20. The molecule has 1 aromatic carbocycles. The van der Waals surface area contributed by atoms with Crippen molar-refractivity contribution in [3.63, 3.8) is 0 Å². The molecule has 0 bridgehead atoms. The molecular formula is C12H16Br2FN. The molecule has 1 aromatic rings. The lowest BCUT2D eigenvalue weighted by atomic mass is 10.2. The third kappa shape index (κ3) is 5.97. The first-order valence-electron chi connectivity index (χ1n) is 5.44. The fourth-order valence-corrected chi connectivity index (χ4v) is 2.38. The van der Waals surface area contributed by atoms with Crippen LogP contribution in [-0.2, 0) is 6.54 Å². The molecule has 0 radical (unpaired) electrons. The van der Waals surface area contributed by atoms with Gasteiger partial charge in [-0.1, -0.05) is 38.3 Å². The minimum Gasteiger partial charge on any atom is -0.313 e. The Hall–Kier alpha value is 0.0700. The first-order valence-corrected chi connectivity index (χ1v) is 7.35. The van der Waals surface area contributed by atoms with E-state index in [0.717, 1.165) is 28.5 Å². The van der Waals surface area contributed by atoms with Crippen molar-refractivity contribution in [3.8, 4) is 0 Å². The molecule has 4 heteroatoms. The van der Waals surface area contributed by atoms with Crippen LogP contribution in [0.5, 0.6) is 0 Å². The van der Waals surface area contributed by atoms with E-state index in [1.165, 1.54) is 25.3 Å². The molecule has 0 aliphatic carbocycles. The van der Waals surface area contributed by atoms with Crippen molar-refractivity contribution in [2.24, 2.45) is 0 Å². The maximum Gasteiger partial charge on any atom is 0.124 e. The first-order chi connectivity index (χ1) is 7.72. The van der Waals surface area contributed by atoms with Gasteiger partial charge in [0.25, 0.3) is 0 Å². The van der Waals surface area contributed by atoms with Gasteiger partial charge in [-0.15, -0.1) is 0 Å². The Bertz CT molecular complexity index is 298. The molecule has 0 fully saturated rings. The van der Waals surface area contributed by atoms with E-state index < -0.39 is 0 Å². The van der Waals surface area contributed by atoms with Crippen molar-refractivity contribution < 1.29 is 4.39 Å². The van der Waals surface area contributed by atoms with Gasteiger partial charge >= 0.3 is 0 Å². The highest BCUT2D eigenvalue weighted by Gasteiger charge is 1.98. The molecule has 0 heterocycles. The molecule has 0 aromatic heterocycles. The Kier molecular flexibility index (Phi) is 7.25. The van der Waals surface area contributed by atoms with Crippen LogP contribution in [0.1, 0.15) is 24.8 Å². The number of hydrogen-bond acceptors (Lipinski definition) is 1. The summed E-state index contributed by atoms with van der Waals surface area (Å²) < 4.78 is 13.8. The maximum atomic E-state index is 13.0. The summed E-state index contributed by atoms with van der Waals surface area (Å²) in [5.41, 5.74) is 0.979. The van der Waals surface area contributed by atoms with Gasteiger partial charge in [0.1, 0.15) is 5.82 Å². The van der Waals surface area contributed by atoms with E-state index in [1.807, 2.05) is 6.07 Å². The monoisotopic (exact) mass is 351 g/mol. The smallest absolute Gasteiger partial charge is 0.124 e. The predicted molar refractivity (Wildman–Crippen MR) is 73.5 cm³/mol. The molecule has 1 N–H and O–H groups in total. The lowest BCUT2D eigenvalue weighted by Gasteiger charge is -2.05. The molecule has 16 heavy (non-hydrogen) atoms. The zero-order valence-corrected chi connectivity index (χ0v) is 12.3. The van der Waals surface area contributed by atoms with Gasteiger partial charge in [-0.2, -0.15) is 0 Å². The summed E-state index contributed by atoms with van der Waals surface area (Å²) >= 11 is 6.69. The Morgan fingerprint density at radius 1 is 1.12 bits per heavy atom. The molecule has 0 amide bonds. The second-order valence-corrected chi connectivity index (χ2v) is 5.41. The molecule has 0 aliphatic rings. The van der Waals surface area contributed by atoms with Crippen LogP contribution in [-0.4, -0.2) is 11.9 Å². The minimum absolute atomic E-state index is 0.189. The Labute approximate surface area is 113 Å². The van der Waals surface area contributed by atoms with Gasteiger partial charge < -0.3 is 5.32 Å². The molecule has 0 aliphatic heterocycles. The van der Waals surface area contributed by atoms with Crippen LogP contribution < -0.4 is 5.32 Å². The van der Waals surface area contributed by atoms with Crippen LogP contribution in [0.3, 0.4) is 0 Å². The SMILES string of the molecule is Fc1cc(Br)cc(CNCCCCCBr)c1. The van der Waals surface area contributed by atoms with Crippen LogP contribution in [0.2, 0.25) is 0 Å². The standard InChI is InChI=1S/C12H16Br2FN/c13-4-2-1-3-5-16-9-10-6-11(14)8-12(15)7-10/h6-8,16H,1-5,9H2. The van der Waals surface area contributed by atoms with Crippen molar-refractivity contribution >= 4 is 31.9 Å². The van der Waals surface area contributed by atoms with E-state index in [-0.39, 0.29) is 5.82 Å². The molecule has 1 nitrogen and oxygen atoms in total. The average Bonchev–Trinajstić information content (AvgIpc) is 2.22. The van der Waals surface area contributed by atoms with Gasteiger partial charge in [0.2, 0.25) is 0 Å². The van der Waals surface area contributed by atoms with Gasteiger partial charge in [0.15, 0.2) is 0 Å². The minimum atomic E-state index is -0.189. The highest BCUT2D eigenvalue weighted by molar-refractivity contribution is 9.10. The maximum absolute atomic E-state index is 13.0. The van der Waals surface area contributed by atoms with Crippen molar-refractivity contribution in [2.45, 2.75) is 25.8 Å². The van der Waals surface area contributed by atoms with Crippen molar-refractivity contribution in [1.82, 2.24) is 5.32 Å². The number of alkyl halides is 1. The molecular weight excluding hydrogens is 337 g/mol. The third-order valence-corrected chi connectivity index (χ3v) is 3.26. The molecule has 0 atom stereocenters. The lowest BCUT2D eigenvalue weighted by Crippen LogP contribution is -2.14. The Balaban J connectivity index is 2.21. The zero-order valence-electron chi connectivity index (χ0n) is 9.11. The van der Waals surface area contributed by atoms with Gasteiger partial charge in [0.05, 0.1) is 0 Å². The highest BCUT2D eigenvalue weighted by Crippen LogP contribution is 2.14. The molecule has 0 spiro atoms. The van der Waals surface area contributed by atoms with E-state index in [0.29, 0.717) is 0 Å². The lowest BCUT2D eigenvalue weighted by molar-refractivity contribution is 0.605. The molecule has 0 saturated carbocycles. The normalized spacial score (nSPS) is 10.7.